The van der Waals surface area contributed by atoms with Crippen LogP contribution in [-0.2, 0) is 6.42 Å². The van der Waals surface area contributed by atoms with Crippen LogP contribution in [0, 0.1) is 5.92 Å². The molecule has 1 atom stereocenters. The lowest BCUT2D eigenvalue weighted by atomic mass is 10.0. The fraction of sp³-hybridized carbons (Fsp3) is 0.571. The zero-order valence-electron chi connectivity index (χ0n) is 10.1. The summed E-state index contributed by atoms with van der Waals surface area (Å²) >= 11 is 0. The fourth-order valence-corrected chi connectivity index (χ4v) is 2.35. The van der Waals surface area contributed by atoms with E-state index in [-0.39, 0.29) is 0 Å². The Morgan fingerprint density at radius 3 is 2.56 bits per heavy atom. The highest BCUT2D eigenvalue weighted by Crippen LogP contribution is 2.10. The van der Waals surface area contributed by atoms with Crippen LogP contribution in [0.3, 0.4) is 0 Å². The summed E-state index contributed by atoms with van der Waals surface area (Å²) in [5.74, 6) is 0.737. The maximum atomic E-state index is 4.38. The topological polar surface area (TPSA) is 17.3 Å². The number of benzene rings is 1. The molecular weight excluding hydrogens is 196 g/mol. The van der Waals surface area contributed by atoms with Crippen LogP contribution >= 0.6 is 0 Å². The average molecular weight is 217 g/mol. The van der Waals surface area contributed by atoms with Crippen LogP contribution in [0.1, 0.15) is 12.5 Å². The second-order valence-electron chi connectivity index (χ2n) is 4.77. The number of nitrogens with zero attached hydrogens (tertiary/aromatic N) is 2. The van der Waals surface area contributed by atoms with Crippen LogP contribution in [0.2, 0.25) is 0 Å². The van der Waals surface area contributed by atoms with Crippen molar-refractivity contribution >= 4 is 0 Å². The monoisotopic (exact) mass is 217 g/mol. The SMILES string of the molecule is CC(Cc1ccccc1)CN1CC[N]CC1. The van der Waals surface area contributed by atoms with Crippen molar-refractivity contribution in [1.82, 2.24) is 10.2 Å². The summed E-state index contributed by atoms with van der Waals surface area (Å²) in [5.41, 5.74) is 1.46. The zero-order chi connectivity index (χ0) is 11.2. The van der Waals surface area contributed by atoms with Gasteiger partial charge < -0.3 is 4.90 Å². The Morgan fingerprint density at radius 2 is 1.88 bits per heavy atom. The van der Waals surface area contributed by atoms with E-state index in [1.54, 1.807) is 0 Å². The molecule has 0 aliphatic carbocycles. The summed E-state index contributed by atoms with van der Waals surface area (Å²) < 4.78 is 0. The maximum Gasteiger partial charge on any atom is 0.0261 e. The average Bonchev–Trinajstić information content (AvgIpc) is 2.31. The van der Waals surface area contributed by atoms with E-state index in [9.17, 15) is 0 Å². The van der Waals surface area contributed by atoms with Crippen LogP contribution in [0.25, 0.3) is 0 Å². The summed E-state index contributed by atoms with van der Waals surface area (Å²) in [6, 6.07) is 10.8. The van der Waals surface area contributed by atoms with E-state index in [1.165, 1.54) is 18.5 Å². The van der Waals surface area contributed by atoms with E-state index < -0.39 is 0 Å². The van der Waals surface area contributed by atoms with Crippen molar-refractivity contribution in [3.63, 3.8) is 0 Å². The van der Waals surface area contributed by atoms with Crippen molar-refractivity contribution in [3.05, 3.63) is 35.9 Å². The first-order valence-electron chi connectivity index (χ1n) is 6.24. The Balaban J connectivity index is 1.77. The third-order valence-corrected chi connectivity index (χ3v) is 3.15. The molecule has 2 rings (SSSR count). The molecule has 16 heavy (non-hydrogen) atoms. The van der Waals surface area contributed by atoms with Gasteiger partial charge in [0.05, 0.1) is 0 Å². The molecule has 0 saturated carbocycles. The van der Waals surface area contributed by atoms with Gasteiger partial charge in [-0.05, 0) is 17.9 Å². The van der Waals surface area contributed by atoms with Crippen molar-refractivity contribution in [2.75, 3.05) is 32.7 Å². The summed E-state index contributed by atoms with van der Waals surface area (Å²) in [7, 11) is 0. The first kappa shape index (κ1) is 11.6. The lowest BCUT2D eigenvalue weighted by Gasteiger charge is -2.28. The number of rotatable bonds is 4. The predicted octanol–water partition coefficient (Wildman–Crippen LogP) is 1.79. The van der Waals surface area contributed by atoms with Gasteiger partial charge in [0.25, 0.3) is 0 Å². The largest absolute Gasteiger partial charge is 0.300 e. The smallest absolute Gasteiger partial charge is 0.0261 e. The fourth-order valence-electron chi connectivity index (χ4n) is 2.35. The standard InChI is InChI=1S/C14H21N2/c1-13(11-14-5-3-2-4-6-14)12-16-9-7-15-8-10-16/h2-6,13H,7-12H2,1H3. The van der Waals surface area contributed by atoms with Gasteiger partial charge >= 0.3 is 0 Å². The molecule has 87 valence electrons. The van der Waals surface area contributed by atoms with E-state index in [2.05, 4.69) is 47.5 Å². The first-order chi connectivity index (χ1) is 7.84. The number of hydrogen-bond acceptors (Lipinski definition) is 1. The van der Waals surface area contributed by atoms with Gasteiger partial charge in [0, 0.05) is 32.7 Å². The van der Waals surface area contributed by atoms with Crippen molar-refractivity contribution in [1.29, 1.82) is 0 Å². The molecule has 1 fully saturated rings. The summed E-state index contributed by atoms with van der Waals surface area (Å²) in [6.45, 7) is 7.91. The highest BCUT2D eigenvalue weighted by atomic mass is 15.2. The van der Waals surface area contributed by atoms with Gasteiger partial charge in [0.2, 0.25) is 0 Å². The summed E-state index contributed by atoms with van der Waals surface area (Å²) in [6.07, 6.45) is 1.19. The number of piperazine rings is 1. The molecule has 1 radical (unpaired) electrons. The quantitative estimate of drug-likeness (QED) is 0.751. The minimum absolute atomic E-state index is 0.737. The molecule has 0 aromatic heterocycles. The highest BCUT2D eigenvalue weighted by Gasteiger charge is 2.13. The van der Waals surface area contributed by atoms with E-state index in [4.69, 9.17) is 0 Å². The minimum atomic E-state index is 0.737. The van der Waals surface area contributed by atoms with E-state index in [1.807, 2.05) is 0 Å². The zero-order valence-corrected chi connectivity index (χ0v) is 10.1. The van der Waals surface area contributed by atoms with Crippen molar-refractivity contribution in [2.45, 2.75) is 13.3 Å². The van der Waals surface area contributed by atoms with Gasteiger partial charge in [-0.15, -0.1) is 0 Å². The minimum Gasteiger partial charge on any atom is -0.300 e. The molecule has 0 bridgehead atoms. The molecule has 2 nitrogen and oxygen atoms in total. The Kier molecular flexibility index (Phi) is 4.37. The third-order valence-electron chi connectivity index (χ3n) is 3.15. The molecule has 0 spiro atoms. The Hall–Kier alpha value is -0.860. The van der Waals surface area contributed by atoms with Gasteiger partial charge in [-0.1, -0.05) is 37.3 Å². The predicted molar refractivity (Wildman–Crippen MR) is 67.6 cm³/mol. The normalized spacial score (nSPS) is 19.6. The molecule has 1 saturated heterocycles. The lowest BCUT2D eigenvalue weighted by Crippen LogP contribution is -2.42. The van der Waals surface area contributed by atoms with E-state index >= 15 is 0 Å². The number of hydrogen-bond donors (Lipinski definition) is 0. The molecule has 1 aliphatic heterocycles. The van der Waals surface area contributed by atoms with Crippen LogP contribution in [-0.4, -0.2) is 37.6 Å². The van der Waals surface area contributed by atoms with Crippen molar-refractivity contribution in [3.8, 4) is 0 Å². The lowest BCUT2D eigenvalue weighted by molar-refractivity contribution is 0.209. The maximum absolute atomic E-state index is 4.38. The molecule has 1 aliphatic rings. The van der Waals surface area contributed by atoms with E-state index in [0.29, 0.717) is 0 Å². The molecule has 1 aromatic carbocycles. The Bertz CT molecular complexity index is 291. The molecule has 0 amide bonds. The molecule has 2 heteroatoms. The molecule has 1 unspecified atom stereocenters. The molecule has 1 heterocycles. The van der Waals surface area contributed by atoms with E-state index in [0.717, 1.165) is 32.1 Å². The Labute approximate surface area is 98.7 Å². The summed E-state index contributed by atoms with van der Waals surface area (Å²) in [5, 5.41) is 4.38. The highest BCUT2D eigenvalue weighted by molar-refractivity contribution is 5.15. The van der Waals surface area contributed by atoms with Crippen LogP contribution in [0.5, 0.6) is 0 Å². The second kappa shape index (κ2) is 6.02. The molecule has 1 aromatic rings. The van der Waals surface area contributed by atoms with Gasteiger partial charge in [-0.2, -0.15) is 0 Å². The van der Waals surface area contributed by atoms with Crippen molar-refractivity contribution in [2.24, 2.45) is 5.92 Å². The van der Waals surface area contributed by atoms with Gasteiger partial charge in [-0.3, -0.25) is 0 Å². The molecular formula is C14H21N2. The van der Waals surface area contributed by atoms with Crippen molar-refractivity contribution < 1.29 is 0 Å². The second-order valence-corrected chi connectivity index (χ2v) is 4.77. The van der Waals surface area contributed by atoms with Crippen LogP contribution < -0.4 is 5.32 Å². The summed E-state index contributed by atoms with van der Waals surface area (Å²) in [4.78, 5) is 2.54. The molecule has 0 N–H and O–H groups in total. The van der Waals surface area contributed by atoms with Gasteiger partial charge in [0.15, 0.2) is 0 Å². The third kappa shape index (κ3) is 3.62. The van der Waals surface area contributed by atoms with Crippen LogP contribution in [0.4, 0.5) is 0 Å². The van der Waals surface area contributed by atoms with Gasteiger partial charge in [0.1, 0.15) is 0 Å². The first-order valence-corrected chi connectivity index (χ1v) is 6.24. The Morgan fingerprint density at radius 1 is 1.19 bits per heavy atom. The van der Waals surface area contributed by atoms with Gasteiger partial charge in [-0.25, -0.2) is 5.32 Å². The van der Waals surface area contributed by atoms with Crippen LogP contribution in [0.15, 0.2) is 30.3 Å².